The van der Waals surface area contributed by atoms with E-state index < -0.39 is 0 Å². The Bertz CT molecular complexity index is 467. The molecule has 4 nitrogen and oxygen atoms in total. The van der Waals surface area contributed by atoms with Crippen LogP contribution in [0.1, 0.15) is 18.9 Å². The highest BCUT2D eigenvalue weighted by atomic mass is 35.5. The molecule has 0 aliphatic carbocycles. The molecule has 15 heavy (non-hydrogen) atoms. The van der Waals surface area contributed by atoms with Gasteiger partial charge in [0.25, 0.3) is 0 Å². The largest absolute Gasteiger partial charge is 0.337 e. The quantitative estimate of drug-likeness (QED) is 0.849. The Kier molecular flexibility index (Phi) is 2.70. The van der Waals surface area contributed by atoms with Crippen molar-refractivity contribution < 1.29 is 4.52 Å². The Morgan fingerprint density at radius 3 is 2.87 bits per heavy atom. The Morgan fingerprint density at radius 2 is 2.27 bits per heavy atom. The molecule has 0 aliphatic rings. The molecule has 0 aliphatic heterocycles. The molecule has 2 rings (SSSR count). The van der Waals surface area contributed by atoms with E-state index in [1.54, 1.807) is 19.1 Å². The van der Waals surface area contributed by atoms with Crippen LogP contribution in [0, 0.1) is 0 Å². The van der Waals surface area contributed by atoms with E-state index in [-0.39, 0.29) is 6.04 Å². The summed E-state index contributed by atoms with van der Waals surface area (Å²) in [7, 11) is 0. The van der Waals surface area contributed by atoms with E-state index in [2.05, 4.69) is 10.1 Å². The van der Waals surface area contributed by atoms with Crippen molar-refractivity contribution in [3.8, 4) is 11.4 Å². The van der Waals surface area contributed by atoms with Gasteiger partial charge in [-0.1, -0.05) is 28.9 Å². The minimum absolute atomic E-state index is 0.259. The third kappa shape index (κ3) is 2.16. The third-order valence-corrected chi connectivity index (χ3v) is 2.15. The molecule has 1 atom stereocenters. The second-order valence-electron chi connectivity index (χ2n) is 3.26. The normalized spacial score (nSPS) is 12.7. The van der Waals surface area contributed by atoms with E-state index in [4.69, 9.17) is 21.9 Å². The fourth-order valence-electron chi connectivity index (χ4n) is 1.16. The first-order valence-corrected chi connectivity index (χ1v) is 4.90. The van der Waals surface area contributed by atoms with E-state index in [1.165, 1.54) is 0 Å². The van der Waals surface area contributed by atoms with Crippen LogP contribution in [-0.4, -0.2) is 10.1 Å². The maximum atomic E-state index is 5.85. The van der Waals surface area contributed by atoms with Crippen LogP contribution < -0.4 is 5.73 Å². The van der Waals surface area contributed by atoms with E-state index in [9.17, 15) is 0 Å². The SMILES string of the molecule is C[C@@H](N)c1nc(-c2cccc(Cl)c2)no1. The summed E-state index contributed by atoms with van der Waals surface area (Å²) in [5, 5.41) is 4.46. The van der Waals surface area contributed by atoms with Gasteiger partial charge in [-0.2, -0.15) is 4.98 Å². The van der Waals surface area contributed by atoms with Crippen molar-refractivity contribution in [2.45, 2.75) is 13.0 Å². The summed E-state index contributed by atoms with van der Waals surface area (Å²) < 4.78 is 4.99. The van der Waals surface area contributed by atoms with Gasteiger partial charge in [0, 0.05) is 10.6 Å². The smallest absolute Gasteiger partial charge is 0.243 e. The Balaban J connectivity index is 2.37. The molecule has 0 bridgehead atoms. The minimum atomic E-state index is -0.259. The van der Waals surface area contributed by atoms with Crippen molar-refractivity contribution in [3.05, 3.63) is 35.2 Å². The minimum Gasteiger partial charge on any atom is -0.337 e. The van der Waals surface area contributed by atoms with Crippen LogP contribution in [0.25, 0.3) is 11.4 Å². The molecule has 0 unspecified atom stereocenters. The average Bonchev–Trinajstić information content (AvgIpc) is 2.66. The number of hydrogen-bond acceptors (Lipinski definition) is 4. The molecule has 0 spiro atoms. The highest BCUT2D eigenvalue weighted by Gasteiger charge is 2.11. The van der Waals surface area contributed by atoms with Crippen molar-refractivity contribution >= 4 is 11.6 Å². The first kappa shape index (κ1) is 10.1. The topological polar surface area (TPSA) is 64.9 Å². The summed E-state index contributed by atoms with van der Waals surface area (Å²) in [6.07, 6.45) is 0. The summed E-state index contributed by atoms with van der Waals surface area (Å²) in [6.45, 7) is 1.79. The maximum Gasteiger partial charge on any atom is 0.243 e. The van der Waals surface area contributed by atoms with E-state index in [0.29, 0.717) is 16.7 Å². The molecular weight excluding hydrogens is 214 g/mol. The van der Waals surface area contributed by atoms with Gasteiger partial charge in [-0.3, -0.25) is 0 Å². The molecule has 2 N–H and O–H groups in total. The molecule has 0 saturated heterocycles. The molecule has 0 radical (unpaired) electrons. The number of nitrogens with zero attached hydrogens (tertiary/aromatic N) is 2. The molecule has 1 aromatic heterocycles. The molecule has 78 valence electrons. The van der Waals surface area contributed by atoms with Gasteiger partial charge < -0.3 is 10.3 Å². The predicted molar refractivity (Wildman–Crippen MR) is 57.3 cm³/mol. The molecule has 0 amide bonds. The maximum absolute atomic E-state index is 5.85. The van der Waals surface area contributed by atoms with Gasteiger partial charge in [-0.05, 0) is 19.1 Å². The third-order valence-electron chi connectivity index (χ3n) is 1.91. The lowest BCUT2D eigenvalue weighted by Crippen LogP contribution is -2.04. The van der Waals surface area contributed by atoms with Crippen LogP contribution >= 0.6 is 11.6 Å². The Morgan fingerprint density at radius 1 is 1.47 bits per heavy atom. The van der Waals surface area contributed by atoms with Crippen LogP contribution in [0.15, 0.2) is 28.8 Å². The highest BCUT2D eigenvalue weighted by molar-refractivity contribution is 6.30. The summed E-state index contributed by atoms with van der Waals surface area (Å²) >= 11 is 5.85. The molecule has 1 aromatic carbocycles. The molecule has 0 fully saturated rings. The van der Waals surface area contributed by atoms with Gasteiger partial charge >= 0.3 is 0 Å². The Labute approximate surface area is 92.0 Å². The van der Waals surface area contributed by atoms with Gasteiger partial charge in [0.1, 0.15) is 0 Å². The van der Waals surface area contributed by atoms with Crippen molar-refractivity contribution in [3.63, 3.8) is 0 Å². The molecule has 1 heterocycles. The molecule has 2 aromatic rings. The van der Waals surface area contributed by atoms with Crippen LogP contribution in [0.2, 0.25) is 5.02 Å². The van der Waals surface area contributed by atoms with Crippen LogP contribution in [0.4, 0.5) is 0 Å². The van der Waals surface area contributed by atoms with Gasteiger partial charge in [0.15, 0.2) is 0 Å². The van der Waals surface area contributed by atoms with Crippen molar-refractivity contribution in [1.82, 2.24) is 10.1 Å². The summed E-state index contributed by atoms with van der Waals surface area (Å²) in [6, 6.07) is 7.00. The number of nitrogens with two attached hydrogens (primary N) is 1. The first-order valence-electron chi connectivity index (χ1n) is 4.52. The monoisotopic (exact) mass is 223 g/mol. The van der Waals surface area contributed by atoms with Gasteiger partial charge in [0.05, 0.1) is 6.04 Å². The predicted octanol–water partition coefficient (Wildman–Crippen LogP) is 2.41. The second kappa shape index (κ2) is 4.00. The second-order valence-corrected chi connectivity index (χ2v) is 3.69. The van der Waals surface area contributed by atoms with Crippen LogP contribution in [0.5, 0.6) is 0 Å². The number of rotatable bonds is 2. The number of aromatic nitrogens is 2. The van der Waals surface area contributed by atoms with Gasteiger partial charge in [0.2, 0.25) is 11.7 Å². The molecular formula is C10H10ClN3O. The van der Waals surface area contributed by atoms with E-state index in [1.807, 2.05) is 12.1 Å². The Hall–Kier alpha value is -1.39. The fraction of sp³-hybridized carbons (Fsp3) is 0.200. The van der Waals surface area contributed by atoms with Crippen LogP contribution in [0.3, 0.4) is 0 Å². The van der Waals surface area contributed by atoms with Gasteiger partial charge in [-0.25, -0.2) is 0 Å². The average molecular weight is 224 g/mol. The lowest BCUT2D eigenvalue weighted by atomic mass is 10.2. The number of benzene rings is 1. The first-order chi connectivity index (χ1) is 7.16. The summed E-state index contributed by atoms with van der Waals surface area (Å²) in [4.78, 5) is 4.16. The highest BCUT2D eigenvalue weighted by Crippen LogP contribution is 2.20. The zero-order valence-electron chi connectivity index (χ0n) is 8.14. The zero-order chi connectivity index (χ0) is 10.8. The number of halogens is 1. The summed E-state index contributed by atoms with van der Waals surface area (Å²) in [5.41, 5.74) is 6.43. The van der Waals surface area contributed by atoms with Crippen LogP contribution in [-0.2, 0) is 0 Å². The van der Waals surface area contributed by atoms with E-state index >= 15 is 0 Å². The summed E-state index contributed by atoms with van der Waals surface area (Å²) in [5.74, 6) is 0.926. The lowest BCUT2D eigenvalue weighted by molar-refractivity contribution is 0.362. The fourth-order valence-corrected chi connectivity index (χ4v) is 1.36. The van der Waals surface area contributed by atoms with E-state index in [0.717, 1.165) is 5.56 Å². The molecule has 0 saturated carbocycles. The van der Waals surface area contributed by atoms with Crippen molar-refractivity contribution in [1.29, 1.82) is 0 Å². The number of hydrogen-bond donors (Lipinski definition) is 1. The standard InChI is InChI=1S/C10H10ClN3O/c1-6(12)10-13-9(14-15-10)7-3-2-4-8(11)5-7/h2-6H,12H2,1H3/t6-/m1/s1. The van der Waals surface area contributed by atoms with Crippen molar-refractivity contribution in [2.24, 2.45) is 5.73 Å². The van der Waals surface area contributed by atoms with Crippen molar-refractivity contribution in [2.75, 3.05) is 0 Å². The van der Waals surface area contributed by atoms with Gasteiger partial charge in [-0.15, -0.1) is 0 Å². The molecule has 5 heteroatoms. The zero-order valence-corrected chi connectivity index (χ0v) is 8.90. The lowest BCUT2D eigenvalue weighted by Gasteiger charge is -1.95.